The van der Waals surface area contributed by atoms with Crippen molar-refractivity contribution in [2.75, 3.05) is 0 Å². The Morgan fingerprint density at radius 3 is 2.58 bits per heavy atom. The van der Waals surface area contributed by atoms with Gasteiger partial charge in [-0.15, -0.1) is 0 Å². The topological polar surface area (TPSA) is 17.1 Å². The van der Waals surface area contributed by atoms with Crippen LogP contribution in [0.4, 0.5) is 0 Å². The predicted octanol–water partition coefficient (Wildman–Crippen LogP) is 6.88. The first-order chi connectivity index (χ1) is 11.2. The molecule has 0 aromatic rings. The minimum atomic E-state index is 0.296. The Kier molecular flexibility index (Phi) is 6.15. The maximum atomic E-state index is 11.1. The fourth-order valence-corrected chi connectivity index (χ4v) is 5.69. The van der Waals surface area contributed by atoms with E-state index in [-0.39, 0.29) is 0 Å². The Hall–Kier alpha value is -0.850. The van der Waals surface area contributed by atoms with Crippen LogP contribution in [0.1, 0.15) is 92.9 Å². The van der Waals surface area contributed by atoms with Crippen LogP contribution >= 0.6 is 0 Å². The lowest BCUT2D eigenvalue weighted by atomic mass is 9.48. The van der Waals surface area contributed by atoms with Gasteiger partial charge < -0.3 is 4.79 Å². The van der Waals surface area contributed by atoms with Crippen LogP contribution in [0.3, 0.4) is 0 Å². The highest BCUT2D eigenvalue weighted by Gasteiger charge is 2.51. The maximum absolute atomic E-state index is 11.1. The second-order valence-corrected chi connectivity index (χ2v) is 9.47. The molecule has 1 heteroatoms. The van der Waals surface area contributed by atoms with E-state index in [0.29, 0.717) is 23.0 Å². The Morgan fingerprint density at radius 2 is 1.92 bits per heavy atom. The number of carbonyl (C=O) groups is 1. The molecule has 2 rings (SSSR count). The summed E-state index contributed by atoms with van der Waals surface area (Å²) in [4.78, 5) is 11.1. The number of rotatable bonds is 6. The van der Waals surface area contributed by atoms with Crippen LogP contribution in [0.25, 0.3) is 0 Å². The van der Waals surface area contributed by atoms with Gasteiger partial charge in [0.2, 0.25) is 0 Å². The molecule has 0 unspecified atom stereocenters. The second-order valence-electron chi connectivity index (χ2n) is 9.47. The number of hydrogen-bond donors (Lipinski definition) is 0. The van der Waals surface area contributed by atoms with Crippen molar-refractivity contribution in [2.45, 2.75) is 92.9 Å². The van der Waals surface area contributed by atoms with E-state index in [1.54, 1.807) is 12.5 Å². The largest absolute Gasteiger partial charge is 0.300 e. The molecule has 1 fully saturated rings. The molecule has 0 N–H and O–H groups in total. The van der Waals surface area contributed by atoms with Crippen molar-refractivity contribution in [3.8, 4) is 0 Å². The van der Waals surface area contributed by atoms with E-state index in [4.69, 9.17) is 0 Å². The van der Waals surface area contributed by atoms with Gasteiger partial charge in [-0.05, 0) is 82.0 Å². The van der Waals surface area contributed by atoms with Crippen LogP contribution in [-0.4, -0.2) is 5.78 Å². The summed E-state index contributed by atoms with van der Waals surface area (Å²) in [7, 11) is 0. The molecule has 1 saturated carbocycles. The summed E-state index contributed by atoms with van der Waals surface area (Å²) in [6, 6.07) is 0. The minimum absolute atomic E-state index is 0.296. The molecule has 0 amide bonds. The highest BCUT2D eigenvalue weighted by molar-refractivity contribution is 5.75. The molecule has 0 saturated heterocycles. The first-order valence-corrected chi connectivity index (χ1v) is 9.98. The van der Waals surface area contributed by atoms with Gasteiger partial charge in [-0.2, -0.15) is 0 Å². The monoisotopic (exact) mass is 330 g/mol. The Balaban J connectivity index is 2.06. The maximum Gasteiger partial charge on any atom is 0.130 e. The zero-order chi connectivity index (χ0) is 18.0. The number of Topliss-reactive ketones (excluding diaryl/α,β-unsaturated/α-hetero) is 1. The molecule has 0 radical (unpaired) electrons. The summed E-state index contributed by atoms with van der Waals surface area (Å²) in [5.74, 6) is 1.85. The second kappa shape index (κ2) is 7.58. The summed E-state index contributed by atoms with van der Waals surface area (Å²) in [5.41, 5.74) is 4.04. The fraction of sp³-hybridized carbons (Fsp3) is 0.783. The molecular weight excluding hydrogens is 292 g/mol. The summed E-state index contributed by atoms with van der Waals surface area (Å²) >= 11 is 0. The van der Waals surface area contributed by atoms with E-state index in [1.165, 1.54) is 44.1 Å². The lowest BCUT2D eigenvalue weighted by molar-refractivity contribution is -0.116. The van der Waals surface area contributed by atoms with Crippen LogP contribution < -0.4 is 0 Å². The third-order valence-corrected chi connectivity index (χ3v) is 7.11. The Labute approximate surface area is 150 Å². The van der Waals surface area contributed by atoms with Gasteiger partial charge in [0.05, 0.1) is 0 Å². The van der Waals surface area contributed by atoms with Crippen molar-refractivity contribution in [2.24, 2.45) is 22.7 Å². The molecular formula is C23H38O. The number of allylic oxidation sites excluding steroid dienone is 4. The van der Waals surface area contributed by atoms with Gasteiger partial charge in [0, 0.05) is 6.42 Å². The van der Waals surface area contributed by atoms with Crippen LogP contribution in [0, 0.1) is 22.7 Å². The number of hydrogen-bond acceptors (Lipinski definition) is 1. The molecule has 0 aromatic heterocycles. The first kappa shape index (κ1) is 19.5. The van der Waals surface area contributed by atoms with Crippen LogP contribution in [0.15, 0.2) is 23.3 Å². The Bertz CT molecular complexity index is 522. The molecule has 1 nitrogen and oxygen atoms in total. The summed E-state index contributed by atoms with van der Waals surface area (Å²) in [6.45, 7) is 13.9. The zero-order valence-corrected chi connectivity index (χ0v) is 16.9. The van der Waals surface area contributed by atoms with Crippen molar-refractivity contribution in [1.29, 1.82) is 0 Å². The normalized spacial score (nSPS) is 32.9. The van der Waals surface area contributed by atoms with E-state index < -0.39 is 0 Å². The number of carbonyl (C=O) groups excluding carboxylic acids is 1. The van der Waals surface area contributed by atoms with Crippen LogP contribution in [0.5, 0.6) is 0 Å². The van der Waals surface area contributed by atoms with Crippen molar-refractivity contribution >= 4 is 5.78 Å². The summed E-state index contributed by atoms with van der Waals surface area (Å²) in [5, 5.41) is 0. The molecule has 0 heterocycles. The van der Waals surface area contributed by atoms with E-state index in [2.05, 4.69) is 46.8 Å². The smallest absolute Gasteiger partial charge is 0.130 e. The fourth-order valence-electron chi connectivity index (χ4n) is 5.69. The molecule has 0 aliphatic heterocycles. The van der Waals surface area contributed by atoms with E-state index in [0.717, 1.165) is 18.3 Å². The highest BCUT2D eigenvalue weighted by atomic mass is 16.1. The molecule has 0 aromatic carbocycles. The van der Waals surface area contributed by atoms with Crippen LogP contribution in [0.2, 0.25) is 0 Å². The van der Waals surface area contributed by atoms with Gasteiger partial charge in [-0.1, -0.05) is 50.5 Å². The lowest BCUT2D eigenvalue weighted by Crippen LogP contribution is -2.48. The van der Waals surface area contributed by atoms with Crippen molar-refractivity contribution in [3.63, 3.8) is 0 Å². The van der Waals surface area contributed by atoms with Gasteiger partial charge >= 0.3 is 0 Å². The summed E-state index contributed by atoms with van der Waals surface area (Å²) < 4.78 is 0. The molecule has 2 aliphatic carbocycles. The predicted molar refractivity (Wildman–Crippen MR) is 104 cm³/mol. The third kappa shape index (κ3) is 4.21. The van der Waals surface area contributed by atoms with E-state index in [1.807, 2.05) is 0 Å². The average molecular weight is 331 g/mol. The minimum Gasteiger partial charge on any atom is -0.300 e. The molecule has 136 valence electrons. The molecule has 0 spiro atoms. The van der Waals surface area contributed by atoms with Crippen molar-refractivity contribution in [1.82, 2.24) is 0 Å². The van der Waals surface area contributed by atoms with E-state index >= 15 is 0 Å². The Morgan fingerprint density at radius 1 is 1.21 bits per heavy atom. The average Bonchev–Trinajstić information content (AvgIpc) is 2.45. The number of fused-ring (bicyclic) bond motifs is 1. The van der Waals surface area contributed by atoms with Gasteiger partial charge in [-0.25, -0.2) is 0 Å². The van der Waals surface area contributed by atoms with Gasteiger partial charge in [-0.3, -0.25) is 0 Å². The first-order valence-electron chi connectivity index (χ1n) is 9.98. The number of ketones is 1. The molecule has 2 aliphatic rings. The van der Waals surface area contributed by atoms with Crippen LogP contribution in [-0.2, 0) is 4.79 Å². The summed E-state index contributed by atoms with van der Waals surface area (Å²) in [6.07, 6.45) is 14.3. The van der Waals surface area contributed by atoms with Gasteiger partial charge in [0.15, 0.2) is 0 Å². The molecule has 0 bridgehead atoms. The molecule has 3 atom stereocenters. The quantitative estimate of drug-likeness (QED) is 0.485. The van der Waals surface area contributed by atoms with E-state index in [9.17, 15) is 4.79 Å². The highest BCUT2D eigenvalue weighted by Crippen LogP contribution is 2.60. The lowest BCUT2D eigenvalue weighted by Gasteiger charge is -2.57. The van der Waals surface area contributed by atoms with Crippen molar-refractivity contribution < 1.29 is 4.79 Å². The SMILES string of the molecule is CC(=O)CC/C=C(\C)CC[C@H]1C(C)=CC[C@H]2C(C)(C)CCC[C@@]12C. The zero-order valence-electron chi connectivity index (χ0n) is 16.9. The third-order valence-electron chi connectivity index (χ3n) is 7.11. The standard InChI is InChI=1S/C23H38O/c1-17(9-7-10-19(3)24)11-13-20-18(2)12-14-21-22(4,5)15-8-16-23(20,21)6/h9,12,20-21H,7-8,10-11,13-16H2,1-6H3/b17-9+/t20-,21-,23-/m0/s1. The van der Waals surface area contributed by atoms with Gasteiger partial charge in [0.1, 0.15) is 5.78 Å². The molecule has 24 heavy (non-hydrogen) atoms. The van der Waals surface area contributed by atoms with Gasteiger partial charge in [0.25, 0.3) is 0 Å². The van der Waals surface area contributed by atoms with Crippen molar-refractivity contribution in [3.05, 3.63) is 23.3 Å².